The summed E-state index contributed by atoms with van der Waals surface area (Å²) in [6.07, 6.45) is -1.13. The van der Waals surface area contributed by atoms with Crippen LogP contribution in [-0.4, -0.2) is 38.3 Å². The van der Waals surface area contributed by atoms with Gasteiger partial charge >= 0.3 is 6.18 Å². The second kappa shape index (κ2) is 10.4. The van der Waals surface area contributed by atoms with Crippen molar-refractivity contribution in [3.05, 3.63) is 82.8 Å². The average molecular weight is 546 g/mol. The summed E-state index contributed by atoms with van der Waals surface area (Å²) in [6.45, 7) is 3.01. The molecule has 0 saturated carbocycles. The Morgan fingerprint density at radius 3 is 2.55 bits per heavy atom. The smallest absolute Gasteiger partial charge is 0.395 e. The summed E-state index contributed by atoms with van der Waals surface area (Å²) >= 11 is 6.27. The lowest BCUT2D eigenvalue weighted by Gasteiger charge is -2.20. The van der Waals surface area contributed by atoms with E-state index in [4.69, 9.17) is 11.6 Å². The minimum Gasteiger partial charge on any atom is -0.395 e. The third-order valence-corrected chi connectivity index (χ3v) is 6.23. The lowest BCUT2D eigenvalue weighted by atomic mass is 9.93. The van der Waals surface area contributed by atoms with Crippen molar-refractivity contribution in [2.75, 3.05) is 11.9 Å². The number of pyridine rings is 1. The predicted octanol–water partition coefficient (Wildman–Crippen LogP) is 4.98. The van der Waals surface area contributed by atoms with Crippen LogP contribution in [0.1, 0.15) is 35.3 Å². The molecule has 0 atom stereocenters. The van der Waals surface area contributed by atoms with E-state index in [1.54, 1.807) is 44.2 Å². The first kappa shape index (κ1) is 27.1. The van der Waals surface area contributed by atoms with E-state index < -0.39 is 23.1 Å². The van der Waals surface area contributed by atoms with Gasteiger partial charge in [-0.05, 0) is 49.7 Å². The van der Waals surface area contributed by atoms with Crippen molar-refractivity contribution in [2.45, 2.75) is 26.6 Å². The zero-order valence-corrected chi connectivity index (χ0v) is 21.1. The number of alkyl halides is 3. The molecule has 0 aliphatic carbocycles. The third-order valence-electron chi connectivity index (χ3n) is 5.90. The molecule has 2 aromatic carbocycles. The molecule has 2 amide bonds. The fourth-order valence-electron chi connectivity index (χ4n) is 3.60. The number of nitrogens with one attached hydrogen (secondary N) is 2. The highest BCUT2D eigenvalue weighted by Gasteiger charge is 2.31. The van der Waals surface area contributed by atoms with Gasteiger partial charge in [-0.25, -0.2) is 4.68 Å². The molecule has 0 fully saturated rings. The van der Waals surface area contributed by atoms with E-state index in [1.165, 1.54) is 23.1 Å². The fourth-order valence-corrected chi connectivity index (χ4v) is 3.81. The molecule has 0 aliphatic heterocycles. The van der Waals surface area contributed by atoms with Crippen LogP contribution in [0.3, 0.4) is 0 Å². The van der Waals surface area contributed by atoms with Gasteiger partial charge < -0.3 is 15.7 Å². The predicted molar refractivity (Wildman–Crippen MR) is 136 cm³/mol. The Balaban J connectivity index is 1.58. The number of nitrogens with zero attached hydrogens (tertiary/aromatic N) is 3. The van der Waals surface area contributed by atoms with Crippen LogP contribution in [0, 0.1) is 5.41 Å². The molecule has 0 aliphatic rings. The first-order valence-electron chi connectivity index (χ1n) is 11.4. The van der Waals surface area contributed by atoms with Crippen molar-refractivity contribution in [3.63, 3.8) is 0 Å². The van der Waals surface area contributed by atoms with Crippen molar-refractivity contribution < 1.29 is 27.9 Å². The zero-order chi connectivity index (χ0) is 27.7. The van der Waals surface area contributed by atoms with E-state index in [0.717, 1.165) is 12.3 Å². The number of hydrogen-bond donors (Lipinski definition) is 3. The number of aliphatic hydroxyl groups excluding tert-OH is 1. The number of hydrogen-bond acceptors (Lipinski definition) is 5. The number of benzene rings is 2. The second-order valence-electron chi connectivity index (χ2n) is 9.22. The molecular formula is C26H23ClF3N5O3. The molecule has 3 N–H and O–H groups in total. The average Bonchev–Trinajstić information content (AvgIpc) is 3.32. The maximum absolute atomic E-state index is 13.2. The highest BCUT2D eigenvalue weighted by atomic mass is 35.5. The van der Waals surface area contributed by atoms with Crippen molar-refractivity contribution >= 4 is 40.0 Å². The van der Waals surface area contributed by atoms with E-state index in [2.05, 4.69) is 20.7 Å². The highest BCUT2D eigenvalue weighted by Crippen LogP contribution is 2.31. The van der Waals surface area contributed by atoms with Crippen molar-refractivity contribution in [3.8, 4) is 5.69 Å². The van der Waals surface area contributed by atoms with Gasteiger partial charge in [-0.2, -0.15) is 18.3 Å². The Morgan fingerprint density at radius 1 is 1.08 bits per heavy atom. The molecule has 0 saturated heterocycles. The van der Waals surface area contributed by atoms with Crippen molar-refractivity contribution in [1.82, 2.24) is 20.1 Å². The van der Waals surface area contributed by atoms with Crippen molar-refractivity contribution in [1.29, 1.82) is 0 Å². The summed E-state index contributed by atoms with van der Waals surface area (Å²) in [4.78, 5) is 29.1. The molecule has 2 heterocycles. The van der Waals surface area contributed by atoms with Crippen LogP contribution in [0.25, 0.3) is 16.6 Å². The summed E-state index contributed by atoms with van der Waals surface area (Å²) in [7, 11) is 0. The normalized spacial score (nSPS) is 12.0. The quantitative estimate of drug-likeness (QED) is 0.303. The minimum absolute atomic E-state index is 0.112. The Morgan fingerprint density at radius 2 is 1.84 bits per heavy atom. The van der Waals surface area contributed by atoms with E-state index in [1.807, 2.05) is 0 Å². The van der Waals surface area contributed by atoms with Gasteiger partial charge in [-0.15, -0.1) is 0 Å². The number of rotatable bonds is 7. The molecule has 12 heteroatoms. The van der Waals surface area contributed by atoms with E-state index >= 15 is 0 Å². The van der Waals surface area contributed by atoms with Crippen LogP contribution < -0.4 is 10.6 Å². The van der Waals surface area contributed by atoms with Crippen LogP contribution in [0.5, 0.6) is 0 Å². The van der Waals surface area contributed by atoms with E-state index in [0.29, 0.717) is 22.2 Å². The maximum Gasteiger partial charge on any atom is 0.417 e. The lowest BCUT2D eigenvalue weighted by Crippen LogP contribution is -2.38. The summed E-state index contributed by atoms with van der Waals surface area (Å²) in [6, 6.07) is 10.6. The molecule has 0 unspecified atom stereocenters. The summed E-state index contributed by atoms with van der Waals surface area (Å²) < 4.78 is 40.8. The van der Waals surface area contributed by atoms with Gasteiger partial charge in [-0.1, -0.05) is 23.7 Å². The SMILES string of the molecule is CC(C)(CO)C(=O)NCc1ccc(Cl)c(C(=O)Nc2cccc3c2cnn3-c2cncc(C(F)(F)F)c2)c1. The minimum atomic E-state index is -4.56. The summed E-state index contributed by atoms with van der Waals surface area (Å²) in [5.41, 5.74) is -0.152. The Kier molecular flexibility index (Phi) is 7.43. The number of aromatic nitrogens is 3. The standard InChI is InChI=1S/C26H23ClF3N5O3/c1-25(2,14-36)24(38)32-10-15-6-7-20(27)18(8-15)23(37)34-21-4-3-5-22-19(21)13-33-35(22)17-9-16(11-31-12-17)26(28,29)30/h3-9,11-13,36H,10,14H2,1-2H3,(H,32,38)(H,34,37). The summed E-state index contributed by atoms with van der Waals surface area (Å²) in [5.74, 6) is -0.875. The number of amides is 2. The lowest BCUT2D eigenvalue weighted by molar-refractivity contribution is -0.137. The number of aliphatic hydroxyl groups is 1. The topological polar surface area (TPSA) is 109 Å². The molecule has 4 rings (SSSR count). The number of carbonyl (C=O) groups is 2. The van der Waals surface area contributed by atoms with Gasteiger partial charge in [0.15, 0.2) is 0 Å². The first-order valence-corrected chi connectivity index (χ1v) is 11.8. The first-order chi connectivity index (χ1) is 17.9. The molecule has 0 bridgehead atoms. The van der Waals surface area contributed by atoms with Gasteiger partial charge in [0.1, 0.15) is 0 Å². The van der Waals surface area contributed by atoms with Gasteiger partial charge in [0, 0.05) is 18.1 Å². The largest absolute Gasteiger partial charge is 0.417 e. The number of halogens is 4. The molecule has 0 radical (unpaired) electrons. The molecular weight excluding hydrogens is 523 g/mol. The monoisotopic (exact) mass is 545 g/mol. The molecule has 38 heavy (non-hydrogen) atoms. The van der Waals surface area contributed by atoms with E-state index in [-0.39, 0.29) is 35.3 Å². The Hall–Kier alpha value is -3.96. The maximum atomic E-state index is 13.2. The number of fused-ring (bicyclic) bond motifs is 1. The van der Waals surface area contributed by atoms with Crippen LogP contribution in [0.4, 0.5) is 18.9 Å². The van der Waals surface area contributed by atoms with Gasteiger partial charge in [0.05, 0.1) is 57.5 Å². The third kappa shape index (κ3) is 5.63. The van der Waals surface area contributed by atoms with Crippen LogP contribution in [-0.2, 0) is 17.5 Å². The van der Waals surface area contributed by atoms with Gasteiger partial charge in [-0.3, -0.25) is 14.6 Å². The molecule has 0 spiro atoms. The van der Waals surface area contributed by atoms with Gasteiger partial charge in [0.25, 0.3) is 5.91 Å². The summed E-state index contributed by atoms with van der Waals surface area (Å²) in [5, 5.41) is 19.7. The molecule has 4 aromatic rings. The van der Waals surface area contributed by atoms with Crippen LogP contribution in [0.2, 0.25) is 5.02 Å². The Bertz CT molecular complexity index is 1520. The molecule has 198 valence electrons. The number of carbonyl (C=O) groups excluding carboxylic acids is 2. The fraction of sp³-hybridized carbons (Fsp3) is 0.231. The van der Waals surface area contributed by atoms with Crippen LogP contribution >= 0.6 is 11.6 Å². The highest BCUT2D eigenvalue weighted by molar-refractivity contribution is 6.34. The van der Waals surface area contributed by atoms with E-state index in [9.17, 15) is 27.9 Å². The number of anilines is 1. The van der Waals surface area contributed by atoms with Crippen molar-refractivity contribution in [2.24, 2.45) is 5.41 Å². The zero-order valence-electron chi connectivity index (χ0n) is 20.3. The Labute approximate surface area is 220 Å². The molecule has 8 nitrogen and oxygen atoms in total. The van der Waals surface area contributed by atoms with Gasteiger partial charge in [0.2, 0.25) is 5.91 Å². The molecule has 2 aromatic heterocycles. The van der Waals surface area contributed by atoms with Crippen LogP contribution in [0.15, 0.2) is 61.1 Å². The second-order valence-corrected chi connectivity index (χ2v) is 9.62.